The SMILES string of the molecule is N#C/C(=C/NCc1ccc(CO)cc1)C(=O)N1CCN(c2ccc(F)cc2)CC1. The van der Waals surface area contributed by atoms with E-state index in [-0.39, 0.29) is 23.9 Å². The molecule has 0 aromatic heterocycles. The fraction of sp³-hybridized carbons (Fsp3) is 0.273. The molecule has 0 radical (unpaired) electrons. The number of benzene rings is 2. The summed E-state index contributed by atoms with van der Waals surface area (Å²) in [5.41, 5.74) is 2.80. The molecule has 1 aliphatic rings. The Labute approximate surface area is 169 Å². The van der Waals surface area contributed by atoms with Gasteiger partial charge in [0, 0.05) is 44.6 Å². The van der Waals surface area contributed by atoms with Crippen LogP contribution < -0.4 is 10.2 Å². The van der Waals surface area contributed by atoms with E-state index in [2.05, 4.69) is 10.2 Å². The summed E-state index contributed by atoms with van der Waals surface area (Å²) >= 11 is 0. The van der Waals surface area contributed by atoms with E-state index in [0.717, 1.165) is 16.8 Å². The Kier molecular flexibility index (Phi) is 6.82. The fourth-order valence-corrected chi connectivity index (χ4v) is 3.17. The van der Waals surface area contributed by atoms with Crippen molar-refractivity contribution in [2.45, 2.75) is 13.2 Å². The van der Waals surface area contributed by atoms with Gasteiger partial charge in [-0.25, -0.2) is 4.39 Å². The zero-order chi connectivity index (χ0) is 20.6. The van der Waals surface area contributed by atoms with E-state index in [1.165, 1.54) is 18.3 Å². The molecule has 0 saturated carbocycles. The van der Waals surface area contributed by atoms with Crippen LogP contribution >= 0.6 is 0 Å². The van der Waals surface area contributed by atoms with E-state index >= 15 is 0 Å². The smallest absolute Gasteiger partial charge is 0.266 e. The fourth-order valence-electron chi connectivity index (χ4n) is 3.17. The molecule has 0 bridgehead atoms. The van der Waals surface area contributed by atoms with Crippen molar-refractivity contribution in [3.8, 4) is 6.07 Å². The predicted molar refractivity (Wildman–Crippen MR) is 108 cm³/mol. The van der Waals surface area contributed by atoms with Gasteiger partial charge >= 0.3 is 0 Å². The van der Waals surface area contributed by atoms with Gasteiger partial charge in [-0.3, -0.25) is 4.79 Å². The molecule has 2 aromatic carbocycles. The lowest BCUT2D eigenvalue weighted by atomic mass is 10.1. The minimum absolute atomic E-state index is 0.00484. The normalized spacial score (nSPS) is 14.4. The van der Waals surface area contributed by atoms with Gasteiger partial charge < -0.3 is 20.2 Å². The molecular weight excluding hydrogens is 371 g/mol. The molecule has 0 aliphatic carbocycles. The van der Waals surface area contributed by atoms with E-state index in [1.54, 1.807) is 17.0 Å². The molecule has 1 fully saturated rings. The van der Waals surface area contributed by atoms with Crippen LogP contribution in [-0.2, 0) is 17.9 Å². The molecular formula is C22H23FN4O2. The van der Waals surface area contributed by atoms with E-state index in [1.807, 2.05) is 30.3 Å². The maximum absolute atomic E-state index is 13.1. The van der Waals surface area contributed by atoms with E-state index in [9.17, 15) is 14.4 Å². The lowest BCUT2D eigenvalue weighted by molar-refractivity contribution is -0.127. The number of rotatable bonds is 6. The third kappa shape index (κ3) is 5.33. The first-order valence-electron chi connectivity index (χ1n) is 9.43. The van der Waals surface area contributed by atoms with E-state index < -0.39 is 0 Å². The lowest BCUT2D eigenvalue weighted by Gasteiger charge is -2.36. The van der Waals surface area contributed by atoms with Gasteiger partial charge in [-0.15, -0.1) is 0 Å². The number of hydrogen-bond donors (Lipinski definition) is 2. The van der Waals surface area contributed by atoms with Gasteiger partial charge in [-0.2, -0.15) is 5.26 Å². The summed E-state index contributed by atoms with van der Waals surface area (Å²) in [4.78, 5) is 16.4. The van der Waals surface area contributed by atoms with Crippen LogP contribution in [0.2, 0.25) is 0 Å². The highest BCUT2D eigenvalue weighted by Gasteiger charge is 2.23. The second-order valence-corrected chi connectivity index (χ2v) is 6.78. The van der Waals surface area contributed by atoms with Crippen molar-refractivity contribution in [1.29, 1.82) is 5.26 Å². The largest absolute Gasteiger partial charge is 0.392 e. The van der Waals surface area contributed by atoms with Crippen molar-refractivity contribution in [1.82, 2.24) is 10.2 Å². The number of piperazine rings is 1. The number of carbonyl (C=O) groups is 1. The Morgan fingerprint density at radius 2 is 1.69 bits per heavy atom. The minimum atomic E-state index is -0.297. The Hall–Kier alpha value is -3.37. The number of amides is 1. The summed E-state index contributed by atoms with van der Waals surface area (Å²) in [6.07, 6.45) is 1.45. The number of aliphatic hydroxyl groups is 1. The Morgan fingerprint density at radius 1 is 1.07 bits per heavy atom. The maximum atomic E-state index is 13.1. The van der Waals surface area contributed by atoms with Crippen LogP contribution in [0.1, 0.15) is 11.1 Å². The molecule has 1 heterocycles. The minimum Gasteiger partial charge on any atom is -0.392 e. The second-order valence-electron chi connectivity index (χ2n) is 6.78. The van der Waals surface area contributed by atoms with Crippen LogP contribution in [0.4, 0.5) is 10.1 Å². The predicted octanol–water partition coefficient (Wildman–Crippen LogP) is 2.16. The average Bonchev–Trinajstić information content (AvgIpc) is 2.77. The van der Waals surface area contributed by atoms with Gasteiger partial charge in [0.1, 0.15) is 17.5 Å². The third-order valence-electron chi connectivity index (χ3n) is 4.87. The highest BCUT2D eigenvalue weighted by Crippen LogP contribution is 2.17. The first-order valence-corrected chi connectivity index (χ1v) is 9.43. The summed E-state index contributed by atoms with van der Waals surface area (Å²) in [6.45, 7) is 2.72. The van der Waals surface area contributed by atoms with Gasteiger partial charge in [0.15, 0.2) is 0 Å². The van der Waals surface area contributed by atoms with Crippen LogP contribution in [0.3, 0.4) is 0 Å². The molecule has 1 amide bonds. The van der Waals surface area contributed by atoms with Crippen LogP contribution in [0.15, 0.2) is 60.3 Å². The number of carbonyl (C=O) groups excluding carboxylic acids is 1. The molecule has 7 heteroatoms. The Bertz CT molecular complexity index is 896. The van der Waals surface area contributed by atoms with Gasteiger partial charge in [0.05, 0.1) is 6.61 Å². The molecule has 6 nitrogen and oxygen atoms in total. The lowest BCUT2D eigenvalue weighted by Crippen LogP contribution is -2.49. The number of aliphatic hydroxyl groups excluding tert-OH is 1. The zero-order valence-electron chi connectivity index (χ0n) is 16.0. The molecule has 0 atom stereocenters. The zero-order valence-corrected chi connectivity index (χ0v) is 16.0. The molecule has 0 unspecified atom stereocenters. The van der Waals surface area contributed by atoms with Crippen molar-refractivity contribution in [3.63, 3.8) is 0 Å². The third-order valence-corrected chi connectivity index (χ3v) is 4.87. The average molecular weight is 394 g/mol. The monoisotopic (exact) mass is 394 g/mol. The Balaban J connectivity index is 1.53. The van der Waals surface area contributed by atoms with Crippen molar-refractivity contribution in [2.75, 3.05) is 31.1 Å². The number of hydrogen-bond acceptors (Lipinski definition) is 5. The summed E-state index contributed by atoms with van der Waals surface area (Å²) < 4.78 is 13.1. The van der Waals surface area contributed by atoms with E-state index in [4.69, 9.17) is 5.11 Å². The number of nitrogens with one attached hydrogen (secondary N) is 1. The standard InChI is InChI=1S/C22H23FN4O2/c23-20-5-7-21(8-6-20)26-9-11-27(12-10-26)22(29)19(13-24)15-25-14-17-1-3-18(16-28)4-2-17/h1-8,15,25,28H,9-12,14,16H2/b19-15-. The molecule has 2 aromatic rings. The first kappa shape index (κ1) is 20.4. The highest BCUT2D eigenvalue weighted by molar-refractivity contribution is 5.97. The number of halogens is 1. The molecule has 3 rings (SSSR count). The summed E-state index contributed by atoms with van der Waals surface area (Å²) in [5, 5.41) is 21.4. The van der Waals surface area contributed by atoms with Crippen molar-refractivity contribution < 1.29 is 14.3 Å². The highest BCUT2D eigenvalue weighted by atomic mass is 19.1. The van der Waals surface area contributed by atoms with Gasteiger partial charge in [-0.05, 0) is 35.4 Å². The van der Waals surface area contributed by atoms with Crippen molar-refractivity contribution in [3.05, 3.63) is 77.2 Å². The van der Waals surface area contributed by atoms with Crippen LogP contribution in [0.5, 0.6) is 0 Å². The number of nitriles is 1. The van der Waals surface area contributed by atoms with Crippen LogP contribution in [0.25, 0.3) is 0 Å². The summed E-state index contributed by atoms with van der Waals surface area (Å²) in [7, 11) is 0. The van der Waals surface area contributed by atoms with Gasteiger partial charge in [0.25, 0.3) is 5.91 Å². The number of nitrogens with zero attached hydrogens (tertiary/aromatic N) is 3. The van der Waals surface area contributed by atoms with Gasteiger partial charge in [-0.1, -0.05) is 24.3 Å². The summed E-state index contributed by atoms with van der Waals surface area (Å²) in [5.74, 6) is -0.572. The molecule has 2 N–H and O–H groups in total. The topological polar surface area (TPSA) is 79.6 Å². The molecule has 1 saturated heterocycles. The molecule has 0 spiro atoms. The van der Waals surface area contributed by atoms with Crippen molar-refractivity contribution >= 4 is 11.6 Å². The first-order chi connectivity index (χ1) is 14.1. The van der Waals surface area contributed by atoms with Gasteiger partial charge in [0.2, 0.25) is 0 Å². The molecule has 29 heavy (non-hydrogen) atoms. The molecule has 150 valence electrons. The van der Waals surface area contributed by atoms with E-state index in [0.29, 0.717) is 32.7 Å². The van der Waals surface area contributed by atoms with Crippen LogP contribution in [0, 0.1) is 17.1 Å². The maximum Gasteiger partial charge on any atom is 0.266 e. The summed E-state index contributed by atoms with van der Waals surface area (Å²) in [6, 6.07) is 15.7. The number of anilines is 1. The van der Waals surface area contributed by atoms with Crippen LogP contribution in [-0.4, -0.2) is 42.1 Å². The van der Waals surface area contributed by atoms with Crippen molar-refractivity contribution in [2.24, 2.45) is 0 Å². The molecule has 1 aliphatic heterocycles. The quantitative estimate of drug-likeness (QED) is 0.580. The Morgan fingerprint density at radius 3 is 2.28 bits per heavy atom. The second kappa shape index (κ2) is 9.71.